The van der Waals surface area contributed by atoms with Gasteiger partial charge < -0.3 is 9.15 Å². The Morgan fingerprint density at radius 2 is 2.09 bits per heavy atom. The molecule has 3 fully saturated rings. The Bertz CT molecular complexity index is 777. The molecule has 2 bridgehead atoms. The average molecular weight is 311 g/mol. The van der Waals surface area contributed by atoms with Crippen molar-refractivity contribution in [3.63, 3.8) is 0 Å². The number of pyridine rings is 1. The van der Waals surface area contributed by atoms with Crippen molar-refractivity contribution in [1.29, 1.82) is 0 Å². The molecule has 2 aromatic rings. The molecule has 23 heavy (non-hydrogen) atoms. The lowest BCUT2D eigenvalue weighted by Gasteiger charge is -2.50. The molecule has 5 heteroatoms. The molecule has 4 aliphatic rings. The number of fused-ring (bicyclic) bond motifs is 3. The van der Waals surface area contributed by atoms with E-state index in [0.29, 0.717) is 11.8 Å². The molecule has 1 spiro atoms. The molecule has 0 N–H and O–H groups in total. The Morgan fingerprint density at radius 1 is 1.26 bits per heavy atom. The van der Waals surface area contributed by atoms with Gasteiger partial charge in [-0.3, -0.25) is 4.90 Å². The molecule has 120 valence electrons. The number of piperidine rings is 3. The minimum atomic E-state index is -0.0424. The maximum absolute atomic E-state index is 6.40. The third kappa shape index (κ3) is 1.96. The van der Waals surface area contributed by atoms with Gasteiger partial charge in [-0.05, 0) is 38.9 Å². The van der Waals surface area contributed by atoms with Crippen LogP contribution in [0.1, 0.15) is 30.1 Å². The monoisotopic (exact) mass is 311 g/mol. The van der Waals surface area contributed by atoms with Crippen LogP contribution in [0.5, 0.6) is 5.88 Å². The van der Waals surface area contributed by atoms with Crippen LogP contribution in [0.15, 0.2) is 16.7 Å². The standard InChI is InChI=1S/C18H21N3O2/c1-11-16(20-12(2)22-11)14-7-13-8-18(23-17(13)19-9-14)10-21-5-3-15(18)4-6-21/h7,9,15H,3-6,8,10H2,1-2H3/t18-/m0/s1. The number of rotatable bonds is 1. The number of nitrogens with zero attached hydrogens (tertiary/aromatic N) is 3. The van der Waals surface area contributed by atoms with Gasteiger partial charge in [0.1, 0.15) is 17.1 Å². The number of ether oxygens (including phenoxy) is 1. The van der Waals surface area contributed by atoms with E-state index < -0.39 is 0 Å². The highest BCUT2D eigenvalue weighted by Gasteiger charge is 2.52. The van der Waals surface area contributed by atoms with E-state index in [9.17, 15) is 0 Å². The van der Waals surface area contributed by atoms with E-state index in [1.807, 2.05) is 20.0 Å². The van der Waals surface area contributed by atoms with Crippen molar-refractivity contribution in [2.45, 2.75) is 38.7 Å². The average Bonchev–Trinajstić information content (AvgIpc) is 3.06. The second-order valence-corrected chi connectivity index (χ2v) is 7.22. The summed E-state index contributed by atoms with van der Waals surface area (Å²) in [5.74, 6) is 3.03. The SMILES string of the molecule is Cc1nc(-c2cnc3c(c2)C[C@@]2(CN4CCC2CC4)O3)c(C)o1. The molecule has 6 heterocycles. The predicted molar refractivity (Wildman–Crippen MR) is 85.4 cm³/mol. The first-order chi connectivity index (χ1) is 11.1. The lowest BCUT2D eigenvalue weighted by Crippen LogP contribution is -2.61. The fourth-order valence-corrected chi connectivity index (χ4v) is 4.63. The molecule has 0 unspecified atom stereocenters. The van der Waals surface area contributed by atoms with Crippen molar-refractivity contribution < 1.29 is 9.15 Å². The normalized spacial score (nSPS) is 31.4. The largest absolute Gasteiger partial charge is 0.469 e. The highest BCUT2D eigenvalue weighted by molar-refractivity contribution is 5.62. The first-order valence-electron chi connectivity index (χ1n) is 8.48. The summed E-state index contributed by atoms with van der Waals surface area (Å²) in [5.41, 5.74) is 3.10. The number of hydrogen-bond donors (Lipinski definition) is 0. The van der Waals surface area contributed by atoms with E-state index in [0.717, 1.165) is 35.9 Å². The minimum Gasteiger partial charge on any atom is -0.469 e. The van der Waals surface area contributed by atoms with Gasteiger partial charge in [0.05, 0.1) is 0 Å². The van der Waals surface area contributed by atoms with Crippen molar-refractivity contribution in [1.82, 2.24) is 14.9 Å². The first kappa shape index (κ1) is 13.5. The highest BCUT2D eigenvalue weighted by Crippen LogP contribution is 2.46. The van der Waals surface area contributed by atoms with Crippen molar-refractivity contribution in [3.05, 3.63) is 29.5 Å². The highest BCUT2D eigenvalue weighted by atomic mass is 16.5. The Morgan fingerprint density at radius 3 is 2.74 bits per heavy atom. The molecule has 0 aliphatic carbocycles. The third-order valence-electron chi connectivity index (χ3n) is 5.71. The van der Waals surface area contributed by atoms with E-state index in [-0.39, 0.29) is 5.60 Å². The van der Waals surface area contributed by atoms with Gasteiger partial charge in [0.15, 0.2) is 5.89 Å². The predicted octanol–water partition coefficient (Wildman–Crippen LogP) is 2.75. The van der Waals surface area contributed by atoms with Gasteiger partial charge >= 0.3 is 0 Å². The molecule has 1 atom stereocenters. The molecular weight excluding hydrogens is 290 g/mol. The summed E-state index contributed by atoms with van der Waals surface area (Å²) in [7, 11) is 0. The van der Waals surface area contributed by atoms with Crippen LogP contribution in [-0.2, 0) is 6.42 Å². The summed E-state index contributed by atoms with van der Waals surface area (Å²) < 4.78 is 12.0. The van der Waals surface area contributed by atoms with Gasteiger partial charge in [0, 0.05) is 43.1 Å². The Hall–Kier alpha value is -1.88. The molecule has 0 saturated carbocycles. The summed E-state index contributed by atoms with van der Waals surface area (Å²) in [5, 5.41) is 0. The number of oxazole rings is 1. The number of aromatic nitrogens is 2. The zero-order chi connectivity index (χ0) is 15.6. The summed E-state index contributed by atoms with van der Waals surface area (Å²) in [6.07, 6.45) is 5.34. The molecule has 0 radical (unpaired) electrons. The topological polar surface area (TPSA) is 51.4 Å². The Labute approximate surface area is 135 Å². The smallest absolute Gasteiger partial charge is 0.217 e. The van der Waals surface area contributed by atoms with Gasteiger partial charge in [0.25, 0.3) is 0 Å². The minimum absolute atomic E-state index is 0.0424. The molecule has 6 rings (SSSR count). The van der Waals surface area contributed by atoms with Gasteiger partial charge in [-0.15, -0.1) is 0 Å². The van der Waals surface area contributed by atoms with Crippen LogP contribution >= 0.6 is 0 Å². The van der Waals surface area contributed by atoms with E-state index in [1.54, 1.807) is 0 Å². The second-order valence-electron chi connectivity index (χ2n) is 7.22. The van der Waals surface area contributed by atoms with Crippen LogP contribution in [0.3, 0.4) is 0 Å². The van der Waals surface area contributed by atoms with Gasteiger partial charge in [-0.2, -0.15) is 0 Å². The molecule has 2 aromatic heterocycles. The van der Waals surface area contributed by atoms with Crippen LogP contribution in [0.25, 0.3) is 11.3 Å². The van der Waals surface area contributed by atoms with Crippen molar-refractivity contribution in [3.8, 4) is 17.1 Å². The maximum Gasteiger partial charge on any atom is 0.217 e. The first-order valence-corrected chi connectivity index (χ1v) is 8.48. The van der Waals surface area contributed by atoms with Gasteiger partial charge in [0.2, 0.25) is 5.88 Å². The Kier molecular flexibility index (Phi) is 2.69. The van der Waals surface area contributed by atoms with E-state index in [1.165, 1.54) is 31.5 Å². The molecule has 0 amide bonds. The van der Waals surface area contributed by atoms with E-state index >= 15 is 0 Å². The van der Waals surface area contributed by atoms with Crippen molar-refractivity contribution in [2.75, 3.05) is 19.6 Å². The summed E-state index contributed by atoms with van der Waals surface area (Å²) in [4.78, 5) is 11.6. The van der Waals surface area contributed by atoms with Gasteiger partial charge in [-0.1, -0.05) is 0 Å². The lowest BCUT2D eigenvalue weighted by atomic mass is 9.73. The summed E-state index contributed by atoms with van der Waals surface area (Å²) in [6.45, 7) is 7.33. The van der Waals surface area contributed by atoms with Crippen LogP contribution < -0.4 is 4.74 Å². The molecular formula is C18H21N3O2. The molecule has 4 aliphatic heterocycles. The van der Waals surface area contributed by atoms with Gasteiger partial charge in [-0.25, -0.2) is 9.97 Å². The zero-order valence-corrected chi connectivity index (χ0v) is 13.6. The lowest BCUT2D eigenvalue weighted by molar-refractivity contribution is -0.0814. The molecule has 3 saturated heterocycles. The summed E-state index contributed by atoms with van der Waals surface area (Å²) in [6, 6.07) is 2.19. The molecule has 0 aromatic carbocycles. The zero-order valence-electron chi connectivity index (χ0n) is 13.6. The van der Waals surface area contributed by atoms with E-state index in [2.05, 4.69) is 20.9 Å². The number of hydrogen-bond acceptors (Lipinski definition) is 5. The summed E-state index contributed by atoms with van der Waals surface area (Å²) >= 11 is 0. The van der Waals surface area contributed by atoms with Crippen molar-refractivity contribution >= 4 is 0 Å². The maximum atomic E-state index is 6.40. The fourth-order valence-electron chi connectivity index (χ4n) is 4.63. The Balaban J connectivity index is 1.50. The van der Waals surface area contributed by atoms with Crippen molar-refractivity contribution in [2.24, 2.45) is 5.92 Å². The van der Waals surface area contributed by atoms with Crippen LogP contribution in [0.4, 0.5) is 0 Å². The fraction of sp³-hybridized carbons (Fsp3) is 0.556. The second kappa shape index (κ2) is 4.57. The number of aryl methyl sites for hydroxylation is 2. The van der Waals surface area contributed by atoms with Crippen LogP contribution in [0, 0.1) is 19.8 Å². The van der Waals surface area contributed by atoms with Crippen LogP contribution in [0.2, 0.25) is 0 Å². The van der Waals surface area contributed by atoms with E-state index in [4.69, 9.17) is 9.15 Å². The quantitative estimate of drug-likeness (QED) is 0.810. The molecule has 5 nitrogen and oxygen atoms in total. The third-order valence-corrected chi connectivity index (χ3v) is 5.71. The van der Waals surface area contributed by atoms with Crippen LogP contribution in [-0.4, -0.2) is 40.1 Å².